The molecule has 0 fully saturated rings. The lowest BCUT2D eigenvalue weighted by molar-refractivity contribution is 0.669. The molecule has 0 aliphatic rings. The van der Waals surface area contributed by atoms with E-state index >= 15 is 0 Å². The molecule has 0 N–H and O–H groups in total. The number of benzene rings is 10. The Morgan fingerprint density at radius 2 is 0.852 bits per heavy atom. The highest BCUT2D eigenvalue weighted by Gasteiger charge is 2.22. The van der Waals surface area contributed by atoms with Gasteiger partial charge in [0.05, 0.1) is 11.0 Å². The number of para-hydroxylation sites is 2. The summed E-state index contributed by atoms with van der Waals surface area (Å²) in [6.07, 6.45) is 0. The van der Waals surface area contributed by atoms with Gasteiger partial charge in [0.15, 0.2) is 0 Å². The van der Waals surface area contributed by atoms with Crippen molar-refractivity contribution in [1.82, 2.24) is 9.55 Å². The molecule has 0 aliphatic carbocycles. The molecule has 10 aromatic carbocycles. The fourth-order valence-electron chi connectivity index (χ4n) is 9.12. The van der Waals surface area contributed by atoms with Gasteiger partial charge in [0.2, 0.25) is 0 Å². The normalized spacial score (nSPS) is 11.6. The van der Waals surface area contributed by atoms with Crippen molar-refractivity contribution >= 4 is 71.6 Å². The number of furan rings is 1. The van der Waals surface area contributed by atoms with Gasteiger partial charge >= 0.3 is 0 Å². The third kappa shape index (κ3) is 5.88. The highest BCUT2D eigenvalue weighted by atomic mass is 16.3. The van der Waals surface area contributed by atoms with Crippen LogP contribution in [0.5, 0.6) is 0 Å². The average Bonchev–Trinajstić information content (AvgIpc) is 3.93. The van der Waals surface area contributed by atoms with Gasteiger partial charge in [-0.25, -0.2) is 4.98 Å². The lowest BCUT2D eigenvalue weighted by atomic mass is 9.97. The molecule has 4 heteroatoms. The minimum absolute atomic E-state index is 0.874. The summed E-state index contributed by atoms with van der Waals surface area (Å²) in [6, 6.07) is 79.8. The minimum atomic E-state index is 0.874. The number of hydrogen-bond donors (Lipinski definition) is 0. The van der Waals surface area contributed by atoms with Gasteiger partial charge in [0.1, 0.15) is 17.0 Å². The molecule has 286 valence electrons. The topological polar surface area (TPSA) is 34.2 Å². The Balaban J connectivity index is 1.10. The van der Waals surface area contributed by atoms with Crippen LogP contribution in [0.15, 0.2) is 229 Å². The van der Waals surface area contributed by atoms with Crippen LogP contribution in [-0.2, 0) is 0 Å². The molecule has 12 aromatic rings. The number of nitrogens with zero attached hydrogens (tertiary/aromatic N) is 3. The van der Waals surface area contributed by atoms with E-state index in [-0.39, 0.29) is 0 Å². The molecule has 12 rings (SSSR count). The summed E-state index contributed by atoms with van der Waals surface area (Å²) in [6.45, 7) is 0. The van der Waals surface area contributed by atoms with E-state index in [4.69, 9.17) is 9.40 Å². The van der Waals surface area contributed by atoms with Crippen LogP contribution in [0, 0.1) is 0 Å². The van der Waals surface area contributed by atoms with E-state index in [1.54, 1.807) is 0 Å². The average molecular weight is 780 g/mol. The SMILES string of the molecule is c1ccc(-c2cc(-c3ccccc3)cc(-n3c(-c4ccc(N(c5ccccc5)c5ccc6oc7ccccc7c6c5)cc4)nc4c5ccccc5c5ccccc5c43)c2)cc1. The van der Waals surface area contributed by atoms with Crippen molar-refractivity contribution in [2.24, 2.45) is 0 Å². The highest BCUT2D eigenvalue weighted by molar-refractivity contribution is 6.24. The zero-order valence-corrected chi connectivity index (χ0v) is 33.1. The molecule has 2 heterocycles. The van der Waals surface area contributed by atoms with Crippen LogP contribution in [0.2, 0.25) is 0 Å². The third-order valence-electron chi connectivity index (χ3n) is 11.9. The summed E-state index contributed by atoms with van der Waals surface area (Å²) in [5, 5.41) is 6.89. The second kappa shape index (κ2) is 14.3. The monoisotopic (exact) mass is 779 g/mol. The molecule has 0 saturated heterocycles. The largest absolute Gasteiger partial charge is 0.456 e. The Hall–Kier alpha value is -8.21. The van der Waals surface area contributed by atoms with E-state index in [1.165, 1.54) is 10.8 Å². The predicted octanol–water partition coefficient (Wildman–Crippen LogP) is 15.7. The molecule has 0 radical (unpaired) electrons. The first kappa shape index (κ1) is 34.8. The number of hydrogen-bond acceptors (Lipinski definition) is 3. The summed E-state index contributed by atoms with van der Waals surface area (Å²) >= 11 is 0. The van der Waals surface area contributed by atoms with E-state index in [2.05, 4.69) is 222 Å². The van der Waals surface area contributed by atoms with E-state index < -0.39 is 0 Å². The van der Waals surface area contributed by atoms with Crippen molar-refractivity contribution in [3.8, 4) is 39.3 Å². The number of anilines is 3. The maximum absolute atomic E-state index is 6.23. The number of fused-ring (bicyclic) bond motifs is 9. The Labute approximate surface area is 352 Å². The van der Waals surface area contributed by atoms with Gasteiger partial charge in [-0.2, -0.15) is 0 Å². The molecule has 0 saturated carbocycles. The third-order valence-corrected chi connectivity index (χ3v) is 11.9. The predicted molar refractivity (Wildman–Crippen MR) is 254 cm³/mol. The van der Waals surface area contributed by atoms with Gasteiger partial charge < -0.3 is 9.32 Å². The fourth-order valence-corrected chi connectivity index (χ4v) is 9.12. The molecule has 0 amide bonds. The lowest BCUT2D eigenvalue weighted by Crippen LogP contribution is -2.09. The van der Waals surface area contributed by atoms with Gasteiger partial charge in [-0.15, -0.1) is 0 Å². The molecule has 0 unspecified atom stereocenters. The lowest BCUT2D eigenvalue weighted by Gasteiger charge is -2.25. The van der Waals surface area contributed by atoms with Gasteiger partial charge in [-0.3, -0.25) is 4.57 Å². The zero-order valence-electron chi connectivity index (χ0n) is 33.1. The molecule has 61 heavy (non-hydrogen) atoms. The van der Waals surface area contributed by atoms with Gasteiger partial charge in [-0.05, 0) is 112 Å². The van der Waals surface area contributed by atoms with Gasteiger partial charge in [-0.1, -0.05) is 146 Å². The van der Waals surface area contributed by atoms with Crippen LogP contribution in [-0.4, -0.2) is 9.55 Å². The van der Waals surface area contributed by atoms with Crippen LogP contribution < -0.4 is 4.90 Å². The summed E-state index contributed by atoms with van der Waals surface area (Å²) < 4.78 is 8.62. The van der Waals surface area contributed by atoms with Crippen LogP contribution in [0.3, 0.4) is 0 Å². The Kier molecular flexibility index (Phi) is 8.13. The Morgan fingerprint density at radius 1 is 0.344 bits per heavy atom. The zero-order chi connectivity index (χ0) is 40.3. The molecule has 0 atom stereocenters. The Morgan fingerprint density at radius 3 is 1.52 bits per heavy atom. The van der Waals surface area contributed by atoms with Crippen molar-refractivity contribution in [3.05, 3.63) is 224 Å². The molecule has 0 spiro atoms. The summed E-state index contributed by atoms with van der Waals surface area (Å²) in [5.74, 6) is 0.879. The maximum Gasteiger partial charge on any atom is 0.145 e. The van der Waals surface area contributed by atoms with Crippen molar-refractivity contribution < 1.29 is 4.42 Å². The summed E-state index contributed by atoms with van der Waals surface area (Å²) in [7, 11) is 0. The van der Waals surface area contributed by atoms with Gasteiger partial charge in [0, 0.05) is 49.9 Å². The molecular formula is C57H37N3O. The quantitative estimate of drug-likeness (QED) is 0.151. The standard InChI is InChI=1S/C57H37N3O/c1-4-16-38(17-5-1)41-34-42(39-18-6-2-7-19-39)36-46(35-41)60-56-51-26-13-11-23-48(51)47-22-10-12-25-50(47)55(56)58-57(60)40-28-30-44(31-29-40)59(43-20-8-3-9-21-43)45-32-33-54-52(37-45)49-24-14-15-27-53(49)61-54/h1-37H. The summed E-state index contributed by atoms with van der Waals surface area (Å²) in [4.78, 5) is 7.94. The van der Waals surface area contributed by atoms with E-state index in [0.717, 1.165) is 100 Å². The van der Waals surface area contributed by atoms with Crippen molar-refractivity contribution in [2.75, 3.05) is 4.90 Å². The molecule has 2 aromatic heterocycles. The highest BCUT2D eigenvalue weighted by Crippen LogP contribution is 2.43. The van der Waals surface area contributed by atoms with Crippen LogP contribution in [0.25, 0.3) is 93.8 Å². The van der Waals surface area contributed by atoms with Crippen LogP contribution in [0.4, 0.5) is 17.1 Å². The fraction of sp³-hybridized carbons (Fsp3) is 0. The minimum Gasteiger partial charge on any atom is -0.456 e. The van der Waals surface area contributed by atoms with Gasteiger partial charge in [0.25, 0.3) is 0 Å². The number of rotatable bonds is 7. The number of imidazole rings is 1. The van der Waals surface area contributed by atoms with Crippen molar-refractivity contribution in [2.45, 2.75) is 0 Å². The second-order valence-electron chi connectivity index (χ2n) is 15.6. The first-order valence-electron chi connectivity index (χ1n) is 20.7. The van der Waals surface area contributed by atoms with Crippen molar-refractivity contribution in [3.63, 3.8) is 0 Å². The number of aromatic nitrogens is 2. The van der Waals surface area contributed by atoms with Crippen LogP contribution in [0.1, 0.15) is 0 Å². The first-order chi connectivity index (χ1) is 30.2. The van der Waals surface area contributed by atoms with E-state index in [9.17, 15) is 0 Å². The van der Waals surface area contributed by atoms with E-state index in [0.29, 0.717) is 0 Å². The molecule has 0 aliphatic heterocycles. The van der Waals surface area contributed by atoms with Crippen molar-refractivity contribution in [1.29, 1.82) is 0 Å². The Bertz CT molecular complexity index is 3510. The summed E-state index contributed by atoms with van der Waals surface area (Å²) in [5.41, 5.74) is 13.7. The molecule has 4 nitrogen and oxygen atoms in total. The van der Waals surface area contributed by atoms with Crippen LogP contribution >= 0.6 is 0 Å². The first-order valence-corrected chi connectivity index (χ1v) is 20.7. The second-order valence-corrected chi connectivity index (χ2v) is 15.6. The van der Waals surface area contributed by atoms with E-state index in [1.807, 2.05) is 12.1 Å². The molecular weight excluding hydrogens is 743 g/mol. The smallest absolute Gasteiger partial charge is 0.145 e. The maximum atomic E-state index is 6.23. The molecule has 0 bridgehead atoms.